The van der Waals surface area contributed by atoms with Crippen molar-refractivity contribution in [2.75, 3.05) is 13.6 Å². The number of hydrogen-bond acceptors (Lipinski definition) is 2. The lowest BCUT2D eigenvalue weighted by Crippen LogP contribution is -2.29. The zero-order chi connectivity index (χ0) is 12.1. The highest BCUT2D eigenvalue weighted by Crippen LogP contribution is 2.12. The molecule has 0 N–H and O–H groups in total. The molecule has 2 heteroatoms. The van der Waals surface area contributed by atoms with Crippen LogP contribution >= 0.6 is 0 Å². The summed E-state index contributed by atoms with van der Waals surface area (Å²) < 4.78 is 0. The molecule has 2 nitrogen and oxygen atoms in total. The van der Waals surface area contributed by atoms with E-state index in [0.29, 0.717) is 0 Å². The molecule has 1 aromatic rings. The van der Waals surface area contributed by atoms with Gasteiger partial charge in [-0.3, -0.25) is 4.90 Å². The Bertz CT molecular complexity index is 390. The fourth-order valence-corrected chi connectivity index (χ4v) is 1.66. The van der Waals surface area contributed by atoms with Gasteiger partial charge < -0.3 is 0 Å². The summed E-state index contributed by atoms with van der Waals surface area (Å²) in [6.45, 7) is 7.12. The molecule has 0 aliphatic heterocycles. The average Bonchev–Trinajstić information content (AvgIpc) is 2.28. The van der Waals surface area contributed by atoms with Crippen LogP contribution in [0.1, 0.15) is 23.6 Å². The largest absolute Gasteiger partial charge is 0.291 e. The molecule has 0 fully saturated rings. The maximum atomic E-state index is 8.81. The van der Waals surface area contributed by atoms with Gasteiger partial charge in [-0.25, -0.2) is 0 Å². The van der Waals surface area contributed by atoms with E-state index in [9.17, 15) is 0 Å². The third kappa shape index (κ3) is 3.36. The average molecular weight is 216 g/mol. The normalized spacial score (nSPS) is 12.5. The van der Waals surface area contributed by atoms with Crippen LogP contribution in [0.25, 0.3) is 0 Å². The van der Waals surface area contributed by atoms with E-state index in [4.69, 9.17) is 5.26 Å². The zero-order valence-corrected chi connectivity index (χ0v) is 10.6. The smallest absolute Gasteiger partial charge is 0.0946 e. The molecular formula is C14H20N2. The van der Waals surface area contributed by atoms with Crippen LogP contribution in [0, 0.1) is 25.2 Å². The third-order valence-electron chi connectivity index (χ3n) is 3.09. The van der Waals surface area contributed by atoms with Crippen molar-refractivity contribution in [1.82, 2.24) is 4.90 Å². The number of likely N-dealkylation sites (N-methyl/N-ethyl adjacent to an activating group) is 1. The monoisotopic (exact) mass is 216 g/mol. The Labute approximate surface area is 98.5 Å². The van der Waals surface area contributed by atoms with Crippen LogP contribution in [-0.2, 0) is 6.42 Å². The number of nitrogens with zero attached hydrogens (tertiary/aromatic N) is 2. The van der Waals surface area contributed by atoms with Gasteiger partial charge in [0.25, 0.3) is 0 Å². The van der Waals surface area contributed by atoms with Crippen molar-refractivity contribution < 1.29 is 0 Å². The topological polar surface area (TPSA) is 27.0 Å². The van der Waals surface area contributed by atoms with Crippen LogP contribution in [0.4, 0.5) is 0 Å². The summed E-state index contributed by atoms with van der Waals surface area (Å²) >= 11 is 0. The van der Waals surface area contributed by atoms with Gasteiger partial charge in [-0.15, -0.1) is 0 Å². The molecule has 86 valence electrons. The SMILES string of the molecule is Cc1ccc(C)c(CCN(C)C(C)C#N)c1. The summed E-state index contributed by atoms with van der Waals surface area (Å²) in [5, 5.41) is 8.81. The molecule has 0 amide bonds. The van der Waals surface area contributed by atoms with E-state index in [1.165, 1.54) is 16.7 Å². The second kappa shape index (κ2) is 5.67. The first-order chi connectivity index (χ1) is 7.54. The van der Waals surface area contributed by atoms with Crippen LogP contribution in [-0.4, -0.2) is 24.5 Å². The minimum atomic E-state index is -0.00915. The summed E-state index contributed by atoms with van der Waals surface area (Å²) in [6.07, 6.45) is 1.01. The Morgan fingerprint density at radius 1 is 1.38 bits per heavy atom. The minimum absolute atomic E-state index is 0.00915. The number of benzene rings is 1. The lowest BCUT2D eigenvalue weighted by atomic mass is 10.0. The van der Waals surface area contributed by atoms with Gasteiger partial charge in [0, 0.05) is 6.54 Å². The highest BCUT2D eigenvalue weighted by molar-refractivity contribution is 5.30. The summed E-state index contributed by atoms with van der Waals surface area (Å²) in [6, 6.07) is 8.78. The lowest BCUT2D eigenvalue weighted by molar-refractivity contribution is 0.306. The standard InChI is InChI=1S/C14H20N2/c1-11-5-6-12(2)14(9-11)7-8-16(4)13(3)10-15/h5-6,9,13H,7-8H2,1-4H3. The van der Waals surface area contributed by atoms with E-state index in [1.807, 2.05) is 14.0 Å². The molecule has 16 heavy (non-hydrogen) atoms. The minimum Gasteiger partial charge on any atom is -0.291 e. The number of rotatable bonds is 4. The highest BCUT2D eigenvalue weighted by atomic mass is 15.1. The molecule has 1 atom stereocenters. The Kier molecular flexibility index (Phi) is 4.52. The molecule has 1 aromatic carbocycles. The molecule has 0 saturated heterocycles. The van der Waals surface area contributed by atoms with E-state index in [-0.39, 0.29) is 6.04 Å². The van der Waals surface area contributed by atoms with Crippen molar-refractivity contribution in [3.8, 4) is 6.07 Å². The van der Waals surface area contributed by atoms with Crippen LogP contribution < -0.4 is 0 Å². The summed E-state index contributed by atoms with van der Waals surface area (Å²) in [5.41, 5.74) is 4.03. The number of hydrogen-bond donors (Lipinski definition) is 0. The third-order valence-corrected chi connectivity index (χ3v) is 3.09. The van der Waals surface area contributed by atoms with Crippen LogP contribution in [0.5, 0.6) is 0 Å². The fraction of sp³-hybridized carbons (Fsp3) is 0.500. The van der Waals surface area contributed by atoms with Crippen molar-refractivity contribution in [3.05, 3.63) is 34.9 Å². The zero-order valence-electron chi connectivity index (χ0n) is 10.6. The van der Waals surface area contributed by atoms with Crippen LogP contribution in [0.2, 0.25) is 0 Å². The summed E-state index contributed by atoms with van der Waals surface area (Å²) in [4.78, 5) is 2.09. The first-order valence-electron chi connectivity index (χ1n) is 5.70. The molecule has 0 radical (unpaired) electrons. The second-order valence-corrected chi connectivity index (χ2v) is 4.47. The fourth-order valence-electron chi connectivity index (χ4n) is 1.66. The van der Waals surface area contributed by atoms with Gasteiger partial charge in [0.1, 0.15) is 0 Å². The number of aryl methyl sites for hydroxylation is 2. The van der Waals surface area contributed by atoms with Crippen molar-refractivity contribution in [3.63, 3.8) is 0 Å². The van der Waals surface area contributed by atoms with Gasteiger partial charge in [0.15, 0.2) is 0 Å². The molecule has 1 unspecified atom stereocenters. The van der Waals surface area contributed by atoms with E-state index in [0.717, 1.165) is 13.0 Å². The highest BCUT2D eigenvalue weighted by Gasteiger charge is 2.08. The summed E-state index contributed by atoms with van der Waals surface area (Å²) in [7, 11) is 2.00. The Morgan fingerprint density at radius 3 is 2.69 bits per heavy atom. The van der Waals surface area contributed by atoms with Gasteiger partial charge in [-0.1, -0.05) is 23.8 Å². The first kappa shape index (κ1) is 12.7. The van der Waals surface area contributed by atoms with Gasteiger partial charge in [0.2, 0.25) is 0 Å². The van der Waals surface area contributed by atoms with Crippen molar-refractivity contribution in [1.29, 1.82) is 5.26 Å². The molecule has 0 aromatic heterocycles. The van der Waals surface area contributed by atoms with Gasteiger partial charge in [0.05, 0.1) is 12.1 Å². The predicted molar refractivity (Wildman–Crippen MR) is 67.3 cm³/mol. The first-order valence-corrected chi connectivity index (χ1v) is 5.70. The van der Waals surface area contributed by atoms with Gasteiger partial charge in [-0.2, -0.15) is 5.26 Å². The molecule has 0 aliphatic rings. The van der Waals surface area contributed by atoms with E-state index < -0.39 is 0 Å². The molecule has 1 rings (SSSR count). The second-order valence-electron chi connectivity index (χ2n) is 4.47. The van der Waals surface area contributed by atoms with Crippen molar-refractivity contribution in [2.24, 2.45) is 0 Å². The molecular weight excluding hydrogens is 196 g/mol. The molecule has 0 saturated carbocycles. The van der Waals surface area contributed by atoms with Crippen molar-refractivity contribution >= 4 is 0 Å². The van der Waals surface area contributed by atoms with Crippen LogP contribution in [0.15, 0.2) is 18.2 Å². The Balaban J connectivity index is 2.61. The molecule has 0 heterocycles. The Hall–Kier alpha value is -1.33. The lowest BCUT2D eigenvalue weighted by Gasteiger charge is -2.19. The van der Waals surface area contributed by atoms with Crippen LogP contribution in [0.3, 0.4) is 0 Å². The van der Waals surface area contributed by atoms with E-state index in [2.05, 4.69) is 43.0 Å². The molecule has 0 spiro atoms. The summed E-state index contributed by atoms with van der Waals surface area (Å²) in [5.74, 6) is 0. The maximum Gasteiger partial charge on any atom is 0.0946 e. The van der Waals surface area contributed by atoms with Gasteiger partial charge in [-0.05, 0) is 45.4 Å². The van der Waals surface area contributed by atoms with E-state index >= 15 is 0 Å². The van der Waals surface area contributed by atoms with E-state index in [1.54, 1.807) is 0 Å². The quantitative estimate of drug-likeness (QED) is 0.773. The maximum absolute atomic E-state index is 8.81. The number of nitriles is 1. The molecule has 0 bridgehead atoms. The Morgan fingerprint density at radius 2 is 2.06 bits per heavy atom. The van der Waals surface area contributed by atoms with Gasteiger partial charge >= 0.3 is 0 Å². The predicted octanol–water partition coefficient (Wildman–Crippen LogP) is 2.69. The molecule has 0 aliphatic carbocycles. The van der Waals surface area contributed by atoms with Crippen molar-refractivity contribution in [2.45, 2.75) is 33.2 Å².